The highest BCUT2D eigenvalue weighted by Gasteiger charge is 2.21. The zero-order valence-corrected chi connectivity index (χ0v) is 17.7. The molecular formula is C21H22Cl2N6. The van der Waals surface area contributed by atoms with Gasteiger partial charge in [0.2, 0.25) is 0 Å². The molecule has 4 rings (SSSR count). The van der Waals surface area contributed by atoms with Gasteiger partial charge in [0.05, 0.1) is 16.9 Å². The quantitative estimate of drug-likeness (QED) is 0.679. The molecule has 1 aliphatic rings. The summed E-state index contributed by atoms with van der Waals surface area (Å²) in [5, 5.41) is 1.23. The predicted molar refractivity (Wildman–Crippen MR) is 118 cm³/mol. The number of hydrogen-bond acceptors (Lipinski definition) is 6. The van der Waals surface area contributed by atoms with Gasteiger partial charge < -0.3 is 10.6 Å². The van der Waals surface area contributed by atoms with Gasteiger partial charge in [-0.25, -0.2) is 4.98 Å². The van der Waals surface area contributed by atoms with Crippen molar-refractivity contribution in [1.82, 2.24) is 19.9 Å². The maximum Gasteiger partial charge on any atom is 0.147 e. The first kappa shape index (κ1) is 20.0. The number of nitrogens with two attached hydrogens (primary N) is 1. The Morgan fingerprint density at radius 3 is 2.48 bits per heavy atom. The smallest absolute Gasteiger partial charge is 0.147 e. The molecule has 1 aromatic carbocycles. The van der Waals surface area contributed by atoms with E-state index in [9.17, 15) is 0 Å². The number of anilines is 1. The predicted octanol–water partition coefficient (Wildman–Crippen LogP) is 3.86. The molecule has 3 aromatic rings. The lowest BCUT2D eigenvalue weighted by atomic mass is 10.0. The van der Waals surface area contributed by atoms with Crippen LogP contribution < -0.4 is 10.6 Å². The lowest BCUT2D eigenvalue weighted by Gasteiger charge is -2.34. The number of aromatic nitrogens is 3. The third kappa shape index (κ3) is 4.21. The maximum absolute atomic E-state index is 6.47. The van der Waals surface area contributed by atoms with Gasteiger partial charge in [0.25, 0.3) is 0 Å². The highest BCUT2D eigenvalue weighted by molar-refractivity contribution is 6.33. The second-order valence-electron chi connectivity index (χ2n) is 7.03. The van der Waals surface area contributed by atoms with Gasteiger partial charge in [-0.15, -0.1) is 0 Å². The van der Waals surface area contributed by atoms with Gasteiger partial charge in [-0.2, -0.15) is 0 Å². The molecule has 0 aliphatic carbocycles. The largest absolute Gasteiger partial charge is 0.353 e. The number of piperazine rings is 1. The molecule has 0 bridgehead atoms. The number of rotatable bonds is 4. The average Bonchev–Trinajstić information content (AvgIpc) is 2.74. The SMILES string of the molecule is Cc1cc(Cl)ccc1-c1ncc(N2CCN(CN)CC2)nc1-c1ccncc1Cl. The zero-order valence-electron chi connectivity index (χ0n) is 16.1. The van der Waals surface area contributed by atoms with Crippen LogP contribution in [0.4, 0.5) is 5.82 Å². The molecule has 8 heteroatoms. The summed E-state index contributed by atoms with van der Waals surface area (Å²) in [6.07, 6.45) is 5.18. The summed E-state index contributed by atoms with van der Waals surface area (Å²) < 4.78 is 0. The van der Waals surface area contributed by atoms with E-state index >= 15 is 0 Å². The van der Waals surface area contributed by atoms with Crippen molar-refractivity contribution in [1.29, 1.82) is 0 Å². The zero-order chi connectivity index (χ0) is 20.4. The van der Waals surface area contributed by atoms with E-state index in [0.29, 0.717) is 16.7 Å². The summed E-state index contributed by atoms with van der Waals surface area (Å²) in [4.78, 5) is 18.4. The van der Waals surface area contributed by atoms with E-state index in [2.05, 4.69) is 14.8 Å². The van der Waals surface area contributed by atoms with Crippen molar-refractivity contribution >= 4 is 29.0 Å². The molecule has 29 heavy (non-hydrogen) atoms. The Morgan fingerprint density at radius 2 is 1.79 bits per heavy atom. The number of aryl methyl sites for hydroxylation is 1. The summed E-state index contributed by atoms with van der Waals surface area (Å²) in [5.74, 6) is 0.833. The van der Waals surface area contributed by atoms with Crippen molar-refractivity contribution in [2.75, 3.05) is 37.7 Å². The molecule has 0 atom stereocenters. The summed E-state index contributed by atoms with van der Waals surface area (Å²) in [7, 11) is 0. The molecule has 2 aromatic heterocycles. The van der Waals surface area contributed by atoms with E-state index in [1.54, 1.807) is 12.4 Å². The average molecular weight is 429 g/mol. The summed E-state index contributed by atoms with van der Waals surface area (Å²) in [5.41, 5.74) is 10.1. The van der Waals surface area contributed by atoms with E-state index in [4.69, 9.17) is 38.9 Å². The van der Waals surface area contributed by atoms with Crippen LogP contribution in [0.2, 0.25) is 10.0 Å². The first-order chi connectivity index (χ1) is 14.1. The van der Waals surface area contributed by atoms with Gasteiger partial charge in [-0.05, 0) is 30.7 Å². The molecule has 1 fully saturated rings. The van der Waals surface area contributed by atoms with Crippen LogP contribution in [0.15, 0.2) is 42.9 Å². The molecule has 150 valence electrons. The summed E-state index contributed by atoms with van der Waals surface area (Å²) >= 11 is 12.6. The monoisotopic (exact) mass is 428 g/mol. The van der Waals surface area contributed by atoms with E-state index in [-0.39, 0.29) is 0 Å². The Bertz CT molecular complexity index is 1020. The summed E-state index contributed by atoms with van der Waals surface area (Å²) in [6, 6.07) is 7.64. The number of hydrogen-bond donors (Lipinski definition) is 1. The molecule has 1 saturated heterocycles. The fourth-order valence-electron chi connectivity index (χ4n) is 3.54. The Morgan fingerprint density at radius 1 is 1.00 bits per heavy atom. The fraction of sp³-hybridized carbons (Fsp3) is 0.286. The van der Waals surface area contributed by atoms with Crippen molar-refractivity contribution in [2.24, 2.45) is 5.73 Å². The number of nitrogens with zero attached hydrogens (tertiary/aromatic N) is 5. The number of pyridine rings is 1. The Labute approximate surface area is 180 Å². The minimum atomic E-state index is 0.541. The van der Waals surface area contributed by atoms with Gasteiger partial charge in [0.15, 0.2) is 0 Å². The number of benzene rings is 1. The lowest BCUT2D eigenvalue weighted by molar-refractivity contribution is 0.264. The van der Waals surface area contributed by atoms with Crippen LogP contribution >= 0.6 is 23.2 Å². The molecule has 1 aliphatic heterocycles. The molecule has 0 amide bonds. The standard InChI is InChI=1S/C21H22Cl2N6/c1-14-10-15(22)2-3-16(14)20-21(17-4-5-25-11-18(17)23)27-19(12-26-20)29-8-6-28(13-24)7-9-29/h2-5,10-12H,6-9,13,24H2,1H3. The van der Waals surface area contributed by atoms with Gasteiger partial charge in [0.1, 0.15) is 11.5 Å². The molecular weight excluding hydrogens is 407 g/mol. The van der Waals surface area contributed by atoms with E-state index < -0.39 is 0 Å². The van der Waals surface area contributed by atoms with Gasteiger partial charge >= 0.3 is 0 Å². The summed E-state index contributed by atoms with van der Waals surface area (Å²) in [6.45, 7) is 6.11. The molecule has 0 unspecified atom stereocenters. The van der Waals surface area contributed by atoms with Gasteiger partial charge in [-0.3, -0.25) is 14.9 Å². The van der Waals surface area contributed by atoms with Crippen molar-refractivity contribution in [3.8, 4) is 22.5 Å². The highest BCUT2D eigenvalue weighted by Crippen LogP contribution is 2.36. The first-order valence-electron chi connectivity index (χ1n) is 9.47. The van der Waals surface area contributed by atoms with Crippen LogP contribution in [-0.2, 0) is 0 Å². The fourth-order valence-corrected chi connectivity index (χ4v) is 3.97. The van der Waals surface area contributed by atoms with Gasteiger partial charge in [0, 0.05) is 61.4 Å². The second kappa shape index (κ2) is 8.63. The molecule has 3 heterocycles. The van der Waals surface area contributed by atoms with E-state index in [1.807, 2.05) is 37.4 Å². The second-order valence-corrected chi connectivity index (χ2v) is 7.87. The van der Waals surface area contributed by atoms with Gasteiger partial charge in [-0.1, -0.05) is 29.3 Å². The third-order valence-corrected chi connectivity index (χ3v) is 5.72. The molecule has 0 radical (unpaired) electrons. The van der Waals surface area contributed by atoms with Crippen LogP contribution in [0, 0.1) is 6.92 Å². The normalized spacial score (nSPS) is 15.0. The van der Waals surface area contributed by atoms with Crippen molar-refractivity contribution in [2.45, 2.75) is 6.92 Å². The molecule has 0 spiro atoms. The first-order valence-corrected chi connectivity index (χ1v) is 10.2. The Hall–Kier alpha value is -2.25. The molecule has 6 nitrogen and oxygen atoms in total. The molecule has 0 saturated carbocycles. The van der Waals surface area contributed by atoms with Crippen molar-refractivity contribution < 1.29 is 0 Å². The highest BCUT2D eigenvalue weighted by atomic mass is 35.5. The van der Waals surface area contributed by atoms with Crippen molar-refractivity contribution in [3.63, 3.8) is 0 Å². The topological polar surface area (TPSA) is 71.2 Å². The minimum Gasteiger partial charge on any atom is -0.353 e. The lowest BCUT2D eigenvalue weighted by Crippen LogP contribution is -2.48. The van der Waals surface area contributed by atoms with Crippen molar-refractivity contribution in [3.05, 3.63) is 58.5 Å². The van der Waals surface area contributed by atoms with E-state index in [1.165, 1.54) is 0 Å². The van der Waals surface area contributed by atoms with Crippen LogP contribution in [0.5, 0.6) is 0 Å². The van der Waals surface area contributed by atoms with Crippen LogP contribution in [0.1, 0.15) is 5.56 Å². The van der Waals surface area contributed by atoms with Crippen LogP contribution in [0.25, 0.3) is 22.5 Å². The van der Waals surface area contributed by atoms with Crippen LogP contribution in [0.3, 0.4) is 0 Å². The Balaban J connectivity index is 1.81. The maximum atomic E-state index is 6.47. The molecule has 2 N–H and O–H groups in total. The van der Waals surface area contributed by atoms with Crippen LogP contribution in [-0.4, -0.2) is 52.7 Å². The Kier molecular flexibility index (Phi) is 5.96. The number of halogens is 2. The third-order valence-electron chi connectivity index (χ3n) is 5.19. The van der Waals surface area contributed by atoms with E-state index in [0.717, 1.165) is 60.1 Å². The minimum absolute atomic E-state index is 0.541.